The van der Waals surface area contributed by atoms with Gasteiger partial charge in [-0.3, -0.25) is 4.90 Å². The number of nitrogen functional groups attached to an aromatic ring is 1. The molecule has 3 N–H and O–H groups in total. The molecule has 1 aliphatic heterocycles. The van der Waals surface area contributed by atoms with E-state index in [1.54, 1.807) is 0 Å². The molecule has 2 rings (SSSR count). The topological polar surface area (TPSA) is 49.5 Å². The number of likely N-dealkylation sites (tertiary alicyclic amines) is 1. The highest BCUT2D eigenvalue weighted by molar-refractivity contribution is 5.39. The Morgan fingerprint density at radius 3 is 2.72 bits per heavy atom. The molecular formula is C15H24N2O. The molecule has 0 saturated carbocycles. The number of piperidine rings is 1. The second-order valence-electron chi connectivity index (χ2n) is 5.24. The van der Waals surface area contributed by atoms with E-state index >= 15 is 0 Å². The van der Waals surface area contributed by atoms with Crippen LogP contribution in [0.2, 0.25) is 0 Å². The van der Waals surface area contributed by atoms with Crippen molar-refractivity contribution >= 4 is 5.69 Å². The largest absolute Gasteiger partial charge is 0.399 e. The fraction of sp³-hybridized carbons (Fsp3) is 0.600. The van der Waals surface area contributed by atoms with E-state index < -0.39 is 6.10 Å². The molecule has 3 nitrogen and oxygen atoms in total. The van der Waals surface area contributed by atoms with Gasteiger partial charge in [-0.2, -0.15) is 0 Å². The first-order valence-corrected chi connectivity index (χ1v) is 6.98. The lowest BCUT2D eigenvalue weighted by atomic mass is 9.98. The summed E-state index contributed by atoms with van der Waals surface area (Å²) in [5.74, 6) is 0. The van der Waals surface area contributed by atoms with Crippen LogP contribution in [0.5, 0.6) is 0 Å². The average Bonchev–Trinajstić information content (AvgIpc) is 2.40. The lowest BCUT2D eigenvalue weighted by Crippen LogP contribution is -2.41. The standard InChI is InChI=1S/C15H24N2O/c1-2-14-5-3-4-10-17(14)11-15(18)12-6-8-13(16)9-7-12/h6-9,14-15,18H,2-5,10-11,16H2,1H3. The van der Waals surface area contributed by atoms with Crippen LogP contribution < -0.4 is 5.73 Å². The Hall–Kier alpha value is -1.06. The van der Waals surface area contributed by atoms with E-state index in [-0.39, 0.29) is 0 Å². The molecule has 1 heterocycles. The summed E-state index contributed by atoms with van der Waals surface area (Å²) in [7, 11) is 0. The number of hydrogen-bond acceptors (Lipinski definition) is 3. The number of aliphatic hydroxyl groups is 1. The van der Waals surface area contributed by atoms with Gasteiger partial charge < -0.3 is 10.8 Å². The molecule has 0 amide bonds. The number of aliphatic hydroxyl groups excluding tert-OH is 1. The highest BCUT2D eigenvalue weighted by Gasteiger charge is 2.23. The van der Waals surface area contributed by atoms with Crippen molar-refractivity contribution in [3.63, 3.8) is 0 Å². The summed E-state index contributed by atoms with van der Waals surface area (Å²) in [6.45, 7) is 4.09. The van der Waals surface area contributed by atoms with E-state index in [1.807, 2.05) is 24.3 Å². The van der Waals surface area contributed by atoms with Crippen molar-refractivity contribution < 1.29 is 5.11 Å². The Kier molecular flexibility index (Phi) is 4.61. The van der Waals surface area contributed by atoms with Crippen LogP contribution in [0.1, 0.15) is 44.3 Å². The Balaban J connectivity index is 1.97. The van der Waals surface area contributed by atoms with Gasteiger partial charge in [0.15, 0.2) is 0 Å². The van der Waals surface area contributed by atoms with Crippen molar-refractivity contribution in [2.45, 2.75) is 44.8 Å². The molecule has 2 atom stereocenters. The summed E-state index contributed by atoms with van der Waals surface area (Å²) in [4.78, 5) is 2.44. The van der Waals surface area contributed by atoms with Gasteiger partial charge in [0.25, 0.3) is 0 Å². The highest BCUT2D eigenvalue weighted by atomic mass is 16.3. The third-order valence-electron chi connectivity index (χ3n) is 3.95. The van der Waals surface area contributed by atoms with E-state index in [9.17, 15) is 5.11 Å². The molecule has 1 fully saturated rings. The smallest absolute Gasteiger partial charge is 0.0917 e. The number of benzene rings is 1. The molecule has 1 aromatic rings. The van der Waals surface area contributed by atoms with Crippen LogP contribution in [0.25, 0.3) is 0 Å². The maximum absolute atomic E-state index is 10.3. The zero-order chi connectivity index (χ0) is 13.0. The number of nitrogens with two attached hydrogens (primary N) is 1. The van der Waals surface area contributed by atoms with Gasteiger partial charge in [0.05, 0.1) is 6.10 Å². The van der Waals surface area contributed by atoms with Gasteiger partial charge in [-0.15, -0.1) is 0 Å². The van der Waals surface area contributed by atoms with E-state index in [0.29, 0.717) is 6.04 Å². The van der Waals surface area contributed by atoms with Crippen molar-refractivity contribution in [1.29, 1.82) is 0 Å². The maximum Gasteiger partial charge on any atom is 0.0917 e. The van der Waals surface area contributed by atoms with Gasteiger partial charge in [0.1, 0.15) is 0 Å². The molecule has 18 heavy (non-hydrogen) atoms. The van der Waals surface area contributed by atoms with Crippen molar-refractivity contribution in [2.75, 3.05) is 18.8 Å². The Labute approximate surface area is 110 Å². The van der Waals surface area contributed by atoms with Crippen molar-refractivity contribution in [3.8, 4) is 0 Å². The third-order valence-corrected chi connectivity index (χ3v) is 3.95. The zero-order valence-electron chi connectivity index (χ0n) is 11.2. The molecule has 0 radical (unpaired) electrons. The van der Waals surface area contributed by atoms with Crippen LogP contribution in [-0.4, -0.2) is 29.1 Å². The minimum absolute atomic E-state index is 0.405. The number of rotatable bonds is 4. The minimum Gasteiger partial charge on any atom is -0.399 e. The second kappa shape index (κ2) is 6.21. The quantitative estimate of drug-likeness (QED) is 0.805. The van der Waals surface area contributed by atoms with Gasteiger partial charge >= 0.3 is 0 Å². The lowest BCUT2D eigenvalue weighted by molar-refractivity contribution is 0.0656. The number of β-amino-alcohol motifs (C(OH)–C–C–N with tert-alkyl or cyclic N) is 1. The van der Waals surface area contributed by atoms with Crippen molar-refractivity contribution in [1.82, 2.24) is 4.90 Å². The predicted molar refractivity (Wildman–Crippen MR) is 75.3 cm³/mol. The molecule has 1 saturated heterocycles. The first kappa shape index (κ1) is 13.4. The zero-order valence-corrected chi connectivity index (χ0v) is 11.2. The molecule has 3 heteroatoms. The SMILES string of the molecule is CCC1CCCCN1CC(O)c1ccc(N)cc1. The van der Waals surface area contributed by atoms with Crippen molar-refractivity contribution in [3.05, 3.63) is 29.8 Å². The molecule has 0 aliphatic carbocycles. The normalized spacial score (nSPS) is 22.9. The molecule has 0 bridgehead atoms. The highest BCUT2D eigenvalue weighted by Crippen LogP contribution is 2.23. The van der Waals surface area contributed by atoms with Crippen molar-refractivity contribution in [2.24, 2.45) is 0 Å². The lowest BCUT2D eigenvalue weighted by Gasteiger charge is -2.36. The van der Waals surface area contributed by atoms with Crippen LogP contribution >= 0.6 is 0 Å². The van der Waals surface area contributed by atoms with Gasteiger partial charge in [0, 0.05) is 18.3 Å². The summed E-state index contributed by atoms with van der Waals surface area (Å²) in [6.07, 6.45) is 4.62. The Morgan fingerprint density at radius 2 is 2.06 bits per heavy atom. The average molecular weight is 248 g/mol. The van der Waals surface area contributed by atoms with Gasteiger partial charge in [-0.25, -0.2) is 0 Å². The summed E-state index contributed by atoms with van der Waals surface area (Å²) in [6, 6.07) is 8.19. The summed E-state index contributed by atoms with van der Waals surface area (Å²) >= 11 is 0. The van der Waals surface area contributed by atoms with Crippen LogP contribution in [-0.2, 0) is 0 Å². The number of anilines is 1. The van der Waals surface area contributed by atoms with Gasteiger partial charge in [-0.1, -0.05) is 25.5 Å². The van der Waals surface area contributed by atoms with Crippen LogP contribution in [0.4, 0.5) is 5.69 Å². The third kappa shape index (κ3) is 3.24. The first-order valence-electron chi connectivity index (χ1n) is 6.98. The summed E-state index contributed by atoms with van der Waals surface area (Å²) < 4.78 is 0. The number of nitrogens with zero attached hydrogens (tertiary/aromatic N) is 1. The fourth-order valence-corrected chi connectivity index (χ4v) is 2.81. The van der Waals surface area contributed by atoms with E-state index in [1.165, 1.54) is 25.7 Å². The second-order valence-corrected chi connectivity index (χ2v) is 5.24. The Bertz CT molecular complexity index is 363. The maximum atomic E-state index is 10.3. The molecule has 2 unspecified atom stereocenters. The van der Waals surface area contributed by atoms with Crippen LogP contribution in [0.3, 0.4) is 0 Å². The first-order chi connectivity index (χ1) is 8.70. The van der Waals surface area contributed by atoms with Crippen LogP contribution in [0, 0.1) is 0 Å². The van der Waals surface area contributed by atoms with E-state index in [2.05, 4.69) is 11.8 Å². The molecule has 0 spiro atoms. The molecule has 1 aliphatic rings. The summed E-state index contributed by atoms with van der Waals surface area (Å²) in [5, 5.41) is 10.3. The predicted octanol–water partition coefficient (Wildman–Crippen LogP) is 2.57. The Morgan fingerprint density at radius 1 is 1.33 bits per heavy atom. The molecule has 0 aromatic heterocycles. The summed E-state index contributed by atoms with van der Waals surface area (Å²) in [5.41, 5.74) is 7.37. The molecule has 100 valence electrons. The van der Waals surface area contributed by atoms with E-state index in [0.717, 1.165) is 24.3 Å². The number of hydrogen-bond donors (Lipinski definition) is 2. The molecular weight excluding hydrogens is 224 g/mol. The monoisotopic (exact) mass is 248 g/mol. The van der Waals surface area contributed by atoms with Crippen LogP contribution in [0.15, 0.2) is 24.3 Å². The molecule has 1 aromatic carbocycles. The van der Waals surface area contributed by atoms with E-state index in [4.69, 9.17) is 5.73 Å². The van der Waals surface area contributed by atoms with Gasteiger partial charge in [-0.05, 0) is 43.5 Å². The fourth-order valence-electron chi connectivity index (χ4n) is 2.81. The minimum atomic E-state index is -0.405. The van der Waals surface area contributed by atoms with Gasteiger partial charge in [0.2, 0.25) is 0 Å².